The van der Waals surface area contributed by atoms with Crippen LogP contribution in [0.15, 0.2) is 0 Å². The molecule has 0 aromatic carbocycles. The van der Waals surface area contributed by atoms with E-state index in [2.05, 4.69) is 34.6 Å². The first-order valence-corrected chi connectivity index (χ1v) is 32.6. The lowest BCUT2D eigenvalue weighted by atomic mass is 10.0. The number of aliphatic hydroxyl groups excluding tert-OH is 1. The van der Waals surface area contributed by atoms with Gasteiger partial charge in [0, 0.05) is 25.7 Å². The zero-order chi connectivity index (χ0) is 55.7. The highest BCUT2D eigenvalue weighted by molar-refractivity contribution is 7.47. The van der Waals surface area contributed by atoms with E-state index in [9.17, 15) is 43.2 Å². The summed E-state index contributed by atoms with van der Waals surface area (Å²) in [6, 6.07) is 0. The van der Waals surface area contributed by atoms with Gasteiger partial charge < -0.3 is 33.8 Å². The summed E-state index contributed by atoms with van der Waals surface area (Å²) in [6.45, 7) is 6.98. The molecule has 444 valence electrons. The van der Waals surface area contributed by atoms with Gasteiger partial charge in [-0.1, -0.05) is 221 Å². The van der Waals surface area contributed by atoms with Crippen LogP contribution in [0, 0.1) is 5.92 Å². The number of ether oxygens (including phenoxy) is 4. The SMILES string of the molecule is CCCCCCCCCC(=O)OC[C@H](COP(=O)(O)OC[C@@H](O)COP(=O)(O)OC[C@@H](COC(=O)CCCCCCC)OC(=O)CCCCCCCCC)OC(=O)CCCCCCCCCCCCCCCC(C)C. The van der Waals surface area contributed by atoms with Crippen LogP contribution in [0.2, 0.25) is 0 Å². The lowest BCUT2D eigenvalue weighted by Crippen LogP contribution is -2.30. The summed E-state index contributed by atoms with van der Waals surface area (Å²) < 4.78 is 67.3. The number of hydrogen-bond donors (Lipinski definition) is 3. The van der Waals surface area contributed by atoms with Crippen molar-refractivity contribution in [1.29, 1.82) is 0 Å². The Hall–Kier alpha value is -1.94. The second kappa shape index (κ2) is 50.3. The first-order valence-electron chi connectivity index (χ1n) is 29.6. The number of phosphoric acid groups is 2. The molecular weight excluding hydrogens is 1010 g/mol. The first kappa shape index (κ1) is 73.1. The minimum absolute atomic E-state index is 0.103. The molecule has 3 N–H and O–H groups in total. The maximum absolute atomic E-state index is 12.9. The summed E-state index contributed by atoms with van der Waals surface area (Å²) >= 11 is 0. The summed E-state index contributed by atoms with van der Waals surface area (Å²) in [5.41, 5.74) is 0. The Balaban J connectivity index is 5.09. The molecular formula is C56H108O17P2. The number of aliphatic hydroxyl groups is 1. The maximum atomic E-state index is 12.9. The predicted molar refractivity (Wildman–Crippen MR) is 294 cm³/mol. The highest BCUT2D eigenvalue weighted by Crippen LogP contribution is 2.45. The van der Waals surface area contributed by atoms with Crippen LogP contribution < -0.4 is 0 Å². The second-order valence-corrected chi connectivity index (χ2v) is 23.7. The topological polar surface area (TPSA) is 237 Å². The standard InChI is InChI=1S/C56H108O17P2/c1-6-9-12-15-24-30-35-40-54(59)67-46-52(73-56(61)42-37-32-27-23-21-19-17-18-20-22-26-29-33-38-49(4)5)48-71-75(64,65)69-44-50(57)43-68-74(62,63)70-47-51(45-66-53(58)39-34-28-14-11-8-3)72-55(60)41-36-31-25-16-13-10-7-2/h49-52,57H,6-48H2,1-5H3,(H,62,63)(H,64,65)/t50-,51+,52+/m0/s1. The number of carbonyl (C=O) groups is 4. The van der Waals surface area contributed by atoms with Crippen molar-refractivity contribution < 1.29 is 80.2 Å². The van der Waals surface area contributed by atoms with Crippen molar-refractivity contribution in [1.82, 2.24) is 0 Å². The molecule has 0 amide bonds. The Kier molecular flexibility index (Phi) is 49.0. The van der Waals surface area contributed by atoms with Crippen LogP contribution in [-0.4, -0.2) is 96.7 Å². The van der Waals surface area contributed by atoms with E-state index in [1.807, 2.05) is 0 Å². The highest BCUT2D eigenvalue weighted by atomic mass is 31.2. The molecule has 0 aromatic rings. The summed E-state index contributed by atoms with van der Waals surface area (Å²) in [5.74, 6) is -1.38. The van der Waals surface area contributed by atoms with E-state index < -0.39 is 97.5 Å². The van der Waals surface area contributed by atoms with E-state index in [1.54, 1.807) is 0 Å². The van der Waals surface area contributed by atoms with E-state index in [-0.39, 0.29) is 25.7 Å². The van der Waals surface area contributed by atoms with Crippen LogP contribution in [0.25, 0.3) is 0 Å². The fourth-order valence-corrected chi connectivity index (χ4v) is 9.75. The van der Waals surface area contributed by atoms with Crippen molar-refractivity contribution in [3.8, 4) is 0 Å². The average Bonchev–Trinajstić information content (AvgIpc) is 3.37. The van der Waals surface area contributed by atoms with Crippen LogP contribution in [0.5, 0.6) is 0 Å². The maximum Gasteiger partial charge on any atom is 0.472 e. The van der Waals surface area contributed by atoms with Gasteiger partial charge in [0.25, 0.3) is 0 Å². The molecule has 0 aromatic heterocycles. The monoisotopic (exact) mass is 1110 g/mol. The molecule has 5 atom stereocenters. The van der Waals surface area contributed by atoms with Crippen molar-refractivity contribution in [2.75, 3.05) is 39.6 Å². The van der Waals surface area contributed by atoms with Gasteiger partial charge in [0.05, 0.1) is 26.4 Å². The van der Waals surface area contributed by atoms with Crippen molar-refractivity contribution in [2.24, 2.45) is 5.92 Å². The van der Waals surface area contributed by atoms with Gasteiger partial charge in [-0.05, 0) is 31.6 Å². The molecule has 0 bridgehead atoms. The summed E-state index contributed by atoms with van der Waals surface area (Å²) in [6.07, 6.45) is 31.3. The molecule has 0 spiro atoms. The van der Waals surface area contributed by atoms with E-state index in [4.69, 9.17) is 37.0 Å². The van der Waals surface area contributed by atoms with Crippen molar-refractivity contribution >= 4 is 39.5 Å². The number of esters is 4. The number of phosphoric ester groups is 2. The molecule has 19 heteroatoms. The molecule has 75 heavy (non-hydrogen) atoms. The third-order valence-corrected chi connectivity index (χ3v) is 14.7. The normalized spacial score (nSPS) is 14.5. The lowest BCUT2D eigenvalue weighted by Gasteiger charge is -2.21. The summed E-state index contributed by atoms with van der Waals surface area (Å²) in [7, 11) is -9.85. The Bertz CT molecular complexity index is 1480. The molecule has 17 nitrogen and oxygen atoms in total. The quantitative estimate of drug-likeness (QED) is 0.0222. The van der Waals surface area contributed by atoms with Gasteiger partial charge >= 0.3 is 39.5 Å². The summed E-state index contributed by atoms with van der Waals surface area (Å²) in [4.78, 5) is 71.3. The third-order valence-electron chi connectivity index (χ3n) is 12.8. The van der Waals surface area contributed by atoms with Gasteiger partial charge in [-0.25, -0.2) is 9.13 Å². The zero-order valence-corrected chi connectivity index (χ0v) is 49.5. The van der Waals surface area contributed by atoms with Gasteiger partial charge in [0.15, 0.2) is 12.2 Å². The van der Waals surface area contributed by atoms with Crippen LogP contribution in [0.4, 0.5) is 0 Å². The molecule has 0 saturated heterocycles. The molecule has 0 heterocycles. The number of unbranched alkanes of at least 4 members (excludes halogenated alkanes) is 28. The molecule has 0 fully saturated rings. The molecule has 2 unspecified atom stereocenters. The van der Waals surface area contributed by atoms with Gasteiger partial charge in [-0.3, -0.25) is 37.3 Å². The van der Waals surface area contributed by atoms with E-state index in [1.165, 1.54) is 64.2 Å². The molecule has 0 radical (unpaired) electrons. The lowest BCUT2D eigenvalue weighted by molar-refractivity contribution is -0.161. The van der Waals surface area contributed by atoms with Gasteiger partial charge in [0.1, 0.15) is 19.3 Å². The summed E-state index contributed by atoms with van der Waals surface area (Å²) in [5, 5.41) is 10.4. The Morgan fingerprint density at radius 2 is 0.613 bits per heavy atom. The zero-order valence-electron chi connectivity index (χ0n) is 47.7. The minimum Gasteiger partial charge on any atom is -0.462 e. The molecule has 0 aliphatic carbocycles. The fraction of sp³-hybridized carbons (Fsp3) is 0.929. The number of rotatable bonds is 56. The smallest absolute Gasteiger partial charge is 0.462 e. The number of carbonyl (C=O) groups excluding carboxylic acids is 4. The van der Waals surface area contributed by atoms with Crippen molar-refractivity contribution in [3.63, 3.8) is 0 Å². The van der Waals surface area contributed by atoms with Gasteiger partial charge in [0.2, 0.25) is 0 Å². The molecule has 0 aliphatic heterocycles. The molecule has 0 aliphatic rings. The van der Waals surface area contributed by atoms with Crippen molar-refractivity contribution in [3.05, 3.63) is 0 Å². The molecule has 0 saturated carbocycles. The number of hydrogen-bond acceptors (Lipinski definition) is 15. The van der Waals surface area contributed by atoms with Gasteiger partial charge in [-0.2, -0.15) is 0 Å². The van der Waals surface area contributed by atoms with E-state index >= 15 is 0 Å². The largest absolute Gasteiger partial charge is 0.472 e. The predicted octanol–water partition coefficient (Wildman–Crippen LogP) is 14.7. The van der Waals surface area contributed by atoms with E-state index in [0.717, 1.165) is 128 Å². The van der Waals surface area contributed by atoms with Crippen LogP contribution >= 0.6 is 15.6 Å². The highest BCUT2D eigenvalue weighted by Gasteiger charge is 2.30. The van der Waals surface area contributed by atoms with Gasteiger partial charge in [-0.15, -0.1) is 0 Å². The average molecular weight is 1120 g/mol. The van der Waals surface area contributed by atoms with Crippen LogP contribution in [0.1, 0.15) is 272 Å². The second-order valence-electron chi connectivity index (χ2n) is 20.8. The van der Waals surface area contributed by atoms with Crippen molar-refractivity contribution in [2.45, 2.75) is 291 Å². The Labute approximate surface area is 454 Å². The van der Waals surface area contributed by atoms with Crippen LogP contribution in [-0.2, 0) is 65.4 Å². The fourth-order valence-electron chi connectivity index (χ4n) is 8.17. The Morgan fingerprint density at radius 3 is 0.907 bits per heavy atom. The molecule has 0 rings (SSSR count). The minimum atomic E-state index is -4.93. The first-order chi connectivity index (χ1) is 36.0. The Morgan fingerprint density at radius 1 is 0.360 bits per heavy atom. The van der Waals surface area contributed by atoms with E-state index in [0.29, 0.717) is 25.7 Å². The third kappa shape index (κ3) is 51.3. The van der Waals surface area contributed by atoms with Crippen LogP contribution in [0.3, 0.4) is 0 Å².